The van der Waals surface area contributed by atoms with Gasteiger partial charge in [-0.15, -0.1) is 0 Å². The van der Waals surface area contributed by atoms with Gasteiger partial charge in [0.1, 0.15) is 36.5 Å². The minimum absolute atomic E-state index is 0.361. The lowest BCUT2D eigenvalue weighted by atomic mass is 10.3. The summed E-state index contributed by atoms with van der Waals surface area (Å²) in [6, 6.07) is 5.93. The van der Waals surface area contributed by atoms with Crippen LogP contribution in [0.5, 0.6) is 0 Å². The van der Waals surface area contributed by atoms with Gasteiger partial charge in [0.25, 0.3) is 0 Å². The summed E-state index contributed by atoms with van der Waals surface area (Å²) in [6.45, 7) is -0.722. The fraction of sp³-hybridized carbons (Fsp3) is 0.167. The van der Waals surface area contributed by atoms with Crippen LogP contribution in [-0.2, 0) is 19.1 Å². The van der Waals surface area contributed by atoms with Crippen LogP contribution in [0.2, 0.25) is 0 Å². The van der Waals surface area contributed by atoms with Gasteiger partial charge in [-0.3, -0.25) is 0 Å². The zero-order valence-corrected chi connectivity index (χ0v) is 9.99. The monoisotopic (exact) mass is 270 g/mol. The minimum Gasteiger partial charge on any atom is -0.458 e. The van der Waals surface area contributed by atoms with Crippen LogP contribution in [0.4, 0.5) is 0 Å². The summed E-state index contributed by atoms with van der Waals surface area (Å²) < 4.78 is 9.09. The number of hydrogen-bond acceptors (Lipinski definition) is 8. The maximum Gasteiger partial charge on any atom is 0.349 e. The van der Waals surface area contributed by atoms with E-state index in [1.54, 1.807) is 0 Å². The number of rotatable bonds is 5. The van der Waals surface area contributed by atoms with Gasteiger partial charge in [0.2, 0.25) is 0 Å². The largest absolute Gasteiger partial charge is 0.458 e. The number of nitriles is 4. The summed E-state index contributed by atoms with van der Waals surface area (Å²) >= 11 is 0. The van der Waals surface area contributed by atoms with Gasteiger partial charge in [-0.25, -0.2) is 9.59 Å². The molecular weight excluding hydrogens is 264 g/mol. The van der Waals surface area contributed by atoms with Gasteiger partial charge in [0.05, 0.1) is 12.1 Å². The molecule has 0 aliphatic rings. The predicted molar refractivity (Wildman–Crippen MR) is 60.5 cm³/mol. The van der Waals surface area contributed by atoms with Gasteiger partial charge in [-0.2, -0.15) is 21.0 Å². The Kier molecular flexibility index (Phi) is 7.71. The summed E-state index contributed by atoms with van der Waals surface area (Å²) in [7, 11) is 0. The van der Waals surface area contributed by atoms with E-state index in [-0.39, 0.29) is 13.2 Å². The van der Waals surface area contributed by atoms with Crippen molar-refractivity contribution < 1.29 is 19.1 Å². The number of nitrogens with zero attached hydrogens (tertiary/aromatic N) is 4. The van der Waals surface area contributed by atoms with Crippen molar-refractivity contribution in [1.82, 2.24) is 0 Å². The van der Waals surface area contributed by atoms with E-state index < -0.39 is 23.1 Å². The second kappa shape index (κ2) is 9.41. The number of carbonyl (C=O) groups excluding carboxylic acids is 2. The highest BCUT2D eigenvalue weighted by Gasteiger charge is 2.12. The molecule has 0 radical (unpaired) electrons. The Bertz CT molecular complexity index is 564. The van der Waals surface area contributed by atoms with Crippen LogP contribution in [0.3, 0.4) is 0 Å². The predicted octanol–water partition coefficient (Wildman–Crippen LogP) is 0.0199. The molecule has 0 N–H and O–H groups in total. The molecule has 0 aromatic rings. The van der Waals surface area contributed by atoms with Crippen LogP contribution < -0.4 is 0 Å². The molecule has 0 unspecified atom stereocenters. The molecule has 0 aromatic carbocycles. The lowest BCUT2D eigenvalue weighted by molar-refractivity contribution is -0.146. The smallest absolute Gasteiger partial charge is 0.349 e. The molecule has 0 heterocycles. The van der Waals surface area contributed by atoms with Gasteiger partial charge in [0.15, 0.2) is 0 Å². The average molecular weight is 270 g/mol. The quantitative estimate of drug-likeness (QED) is 0.294. The first-order valence-electron chi connectivity index (χ1n) is 4.94. The number of hydrogen-bond donors (Lipinski definition) is 0. The normalized spacial score (nSPS) is 10.2. The minimum atomic E-state index is -1.03. The molecule has 0 fully saturated rings. The third kappa shape index (κ3) is 5.63. The number of allylic oxidation sites excluding steroid dienone is 2. The lowest BCUT2D eigenvalue weighted by Gasteiger charge is -2.04. The molecule has 98 valence electrons. The molecule has 8 heteroatoms. The topological polar surface area (TPSA) is 148 Å². The standard InChI is InChI=1S/C12H6N4O4/c13-3-1-9(7-15)11(17)19-5-6-20-12(18)10(8-16)2-4-14/h1-2H,5-6H2. The van der Waals surface area contributed by atoms with Crippen LogP contribution in [0, 0.1) is 45.3 Å². The summed E-state index contributed by atoms with van der Waals surface area (Å²) in [5.74, 6) is -2.06. The molecule has 0 amide bonds. The Hall–Kier alpha value is -3.62. The molecule has 0 spiro atoms. The molecule has 0 aliphatic carbocycles. The van der Waals surface area contributed by atoms with E-state index in [4.69, 9.17) is 21.0 Å². The van der Waals surface area contributed by atoms with Crippen LogP contribution in [0.1, 0.15) is 0 Å². The summed E-state index contributed by atoms with van der Waals surface area (Å²) in [5, 5.41) is 33.6. The molecule has 0 aliphatic heterocycles. The van der Waals surface area contributed by atoms with Crippen LogP contribution >= 0.6 is 0 Å². The molecule has 20 heavy (non-hydrogen) atoms. The molecule has 0 rings (SSSR count). The molecule has 0 bridgehead atoms. The van der Waals surface area contributed by atoms with Crippen molar-refractivity contribution >= 4 is 11.9 Å². The van der Waals surface area contributed by atoms with E-state index in [0.717, 1.165) is 12.2 Å². The van der Waals surface area contributed by atoms with E-state index in [1.807, 2.05) is 0 Å². The summed E-state index contributed by atoms with van der Waals surface area (Å²) in [4.78, 5) is 22.4. The maximum atomic E-state index is 11.2. The van der Waals surface area contributed by atoms with Gasteiger partial charge in [-0.1, -0.05) is 0 Å². The molecule has 0 saturated carbocycles. The second-order valence-electron chi connectivity index (χ2n) is 2.87. The molecule has 0 aromatic heterocycles. The highest BCUT2D eigenvalue weighted by atomic mass is 16.6. The average Bonchev–Trinajstić information content (AvgIpc) is 2.46. The number of carbonyl (C=O) groups is 2. The van der Waals surface area contributed by atoms with Gasteiger partial charge in [-0.05, 0) is 0 Å². The highest BCUT2D eigenvalue weighted by Crippen LogP contribution is 1.98. The first-order chi connectivity index (χ1) is 9.60. The van der Waals surface area contributed by atoms with Crippen molar-refractivity contribution in [2.45, 2.75) is 0 Å². The van der Waals surface area contributed by atoms with Crippen molar-refractivity contribution in [2.75, 3.05) is 13.2 Å². The maximum absolute atomic E-state index is 11.2. The van der Waals surface area contributed by atoms with Gasteiger partial charge >= 0.3 is 11.9 Å². The molecule has 0 saturated heterocycles. The van der Waals surface area contributed by atoms with Crippen molar-refractivity contribution in [3.8, 4) is 24.3 Å². The van der Waals surface area contributed by atoms with Gasteiger partial charge in [0, 0.05) is 12.2 Å². The highest BCUT2D eigenvalue weighted by molar-refractivity contribution is 5.94. The fourth-order valence-corrected chi connectivity index (χ4v) is 0.827. The molecular formula is C12H6N4O4. The Labute approximate surface area is 113 Å². The van der Waals surface area contributed by atoms with Gasteiger partial charge < -0.3 is 9.47 Å². The SMILES string of the molecule is N#CC=C(C#N)C(=O)OCCOC(=O)C(C#N)=CC#N. The van der Waals surface area contributed by atoms with Crippen molar-refractivity contribution in [3.63, 3.8) is 0 Å². The first-order valence-corrected chi connectivity index (χ1v) is 4.94. The van der Waals surface area contributed by atoms with E-state index in [1.165, 1.54) is 24.3 Å². The molecule has 0 atom stereocenters. The van der Waals surface area contributed by atoms with E-state index >= 15 is 0 Å². The Morgan fingerprint density at radius 3 is 1.40 bits per heavy atom. The van der Waals surface area contributed by atoms with Crippen LogP contribution in [0.15, 0.2) is 23.3 Å². The van der Waals surface area contributed by atoms with E-state index in [2.05, 4.69) is 9.47 Å². The second-order valence-corrected chi connectivity index (χ2v) is 2.87. The Morgan fingerprint density at radius 2 is 1.15 bits per heavy atom. The zero-order valence-electron chi connectivity index (χ0n) is 9.99. The van der Waals surface area contributed by atoms with Crippen LogP contribution in [0.25, 0.3) is 0 Å². The fourth-order valence-electron chi connectivity index (χ4n) is 0.827. The third-order valence-electron chi connectivity index (χ3n) is 1.65. The first kappa shape index (κ1) is 16.4. The molecule has 8 nitrogen and oxygen atoms in total. The Balaban J connectivity index is 4.25. The number of esters is 2. The summed E-state index contributed by atoms with van der Waals surface area (Å²) in [6.07, 6.45) is 1.44. The van der Waals surface area contributed by atoms with E-state index in [9.17, 15) is 9.59 Å². The lowest BCUT2D eigenvalue weighted by Crippen LogP contribution is -2.15. The zero-order chi connectivity index (χ0) is 15.4. The third-order valence-corrected chi connectivity index (χ3v) is 1.65. The van der Waals surface area contributed by atoms with E-state index in [0.29, 0.717) is 0 Å². The van der Waals surface area contributed by atoms with Crippen molar-refractivity contribution in [3.05, 3.63) is 23.3 Å². The Morgan fingerprint density at radius 1 is 0.800 bits per heavy atom. The van der Waals surface area contributed by atoms with Crippen LogP contribution in [-0.4, -0.2) is 25.2 Å². The van der Waals surface area contributed by atoms with Crippen molar-refractivity contribution in [1.29, 1.82) is 21.0 Å². The van der Waals surface area contributed by atoms with Crippen molar-refractivity contribution in [2.24, 2.45) is 0 Å². The number of ether oxygens (including phenoxy) is 2. The summed E-state index contributed by atoms with van der Waals surface area (Å²) in [5.41, 5.74) is -0.971.